The van der Waals surface area contributed by atoms with Crippen LogP contribution in [0, 0.1) is 5.82 Å². The Morgan fingerprint density at radius 2 is 1.90 bits per heavy atom. The number of fused-ring (bicyclic) bond motifs is 1. The van der Waals surface area contributed by atoms with Crippen molar-refractivity contribution >= 4 is 39.9 Å². The molecule has 2 nitrogen and oxygen atoms in total. The van der Waals surface area contributed by atoms with E-state index in [9.17, 15) is 9.18 Å². The maximum Gasteiger partial charge on any atom is 0.183 e. The van der Waals surface area contributed by atoms with E-state index in [1.807, 2.05) is 0 Å². The molecule has 3 rings (SSSR count). The van der Waals surface area contributed by atoms with Gasteiger partial charge in [0.25, 0.3) is 0 Å². The molecule has 0 atom stereocenters. The van der Waals surface area contributed by atoms with Gasteiger partial charge in [-0.15, -0.1) is 0 Å². The molecule has 1 aromatic heterocycles. The highest BCUT2D eigenvalue weighted by Gasteiger charge is 2.13. The molecule has 106 valence electrons. The van der Waals surface area contributed by atoms with Gasteiger partial charge in [0.2, 0.25) is 0 Å². The summed E-state index contributed by atoms with van der Waals surface area (Å²) < 4.78 is 14.9. The van der Waals surface area contributed by atoms with E-state index < -0.39 is 0 Å². The lowest BCUT2D eigenvalue weighted by Crippen LogP contribution is -2.10. The van der Waals surface area contributed by atoms with Crippen LogP contribution in [-0.2, 0) is 6.54 Å². The summed E-state index contributed by atoms with van der Waals surface area (Å²) in [6.07, 6.45) is 1.76. The summed E-state index contributed by atoms with van der Waals surface area (Å²) in [5.74, 6) is -0.425. The largest absolute Gasteiger partial charge is 0.340 e. The van der Waals surface area contributed by atoms with Crippen molar-refractivity contribution in [3.8, 4) is 0 Å². The van der Waals surface area contributed by atoms with Crippen molar-refractivity contribution in [1.82, 2.24) is 4.57 Å². The average molecular weight is 322 g/mol. The Morgan fingerprint density at radius 3 is 2.67 bits per heavy atom. The van der Waals surface area contributed by atoms with Crippen LogP contribution in [0.2, 0.25) is 10.0 Å². The summed E-state index contributed by atoms with van der Waals surface area (Å²) in [6.45, 7) is 0.135. The highest BCUT2D eigenvalue weighted by molar-refractivity contribution is 6.36. The van der Waals surface area contributed by atoms with Crippen LogP contribution in [0.3, 0.4) is 0 Å². The summed E-state index contributed by atoms with van der Waals surface area (Å²) in [5, 5.41) is 1.57. The van der Waals surface area contributed by atoms with Crippen LogP contribution in [0.4, 0.5) is 4.39 Å². The molecule has 3 aromatic rings. The van der Waals surface area contributed by atoms with Gasteiger partial charge in [-0.05, 0) is 42.5 Å². The lowest BCUT2D eigenvalue weighted by molar-refractivity contribution is 0.0974. The maximum atomic E-state index is 13.2. The second-order valence-corrected chi connectivity index (χ2v) is 5.54. The van der Waals surface area contributed by atoms with Crippen molar-refractivity contribution in [2.45, 2.75) is 6.54 Å². The van der Waals surface area contributed by atoms with Crippen molar-refractivity contribution in [2.24, 2.45) is 0 Å². The predicted octanol–water partition coefficient (Wildman–Crippen LogP) is 4.97. The number of benzene rings is 2. The molecule has 2 aromatic carbocycles. The minimum absolute atomic E-state index is 0.126. The lowest BCUT2D eigenvalue weighted by atomic mass is 10.1. The Morgan fingerprint density at radius 1 is 1.10 bits per heavy atom. The zero-order valence-electron chi connectivity index (χ0n) is 10.8. The number of rotatable bonds is 3. The first-order valence-electron chi connectivity index (χ1n) is 6.27. The van der Waals surface area contributed by atoms with E-state index in [0.29, 0.717) is 15.6 Å². The van der Waals surface area contributed by atoms with E-state index in [1.54, 1.807) is 41.1 Å². The zero-order valence-corrected chi connectivity index (χ0v) is 12.3. The quantitative estimate of drug-likeness (QED) is 0.624. The van der Waals surface area contributed by atoms with Crippen LogP contribution in [0.25, 0.3) is 10.9 Å². The van der Waals surface area contributed by atoms with Crippen molar-refractivity contribution in [1.29, 1.82) is 0 Å². The summed E-state index contributed by atoms with van der Waals surface area (Å²) in [4.78, 5) is 12.3. The lowest BCUT2D eigenvalue weighted by Gasteiger charge is -2.07. The van der Waals surface area contributed by atoms with Gasteiger partial charge in [0.1, 0.15) is 5.82 Å². The van der Waals surface area contributed by atoms with Gasteiger partial charge in [-0.25, -0.2) is 4.39 Å². The molecule has 0 saturated heterocycles. The minimum Gasteiger partial charge on any atom is -0.340 e. The standard InChI is InChI=1S/C16H10Cl2FNO/c17-11-1-3-13(14(18)8-11)16(21)9-20-6-5-10-7-12(19)2-4-15(10)20/h1-8H,9H2. The number of hydrogen-bond donors (Lipinski definition) is 0. The highest BCUT2D eigenvalue weighted by Crippen LogP contribution is 2.23. The molecular formula is C16H10Cl2FNO. The number of aromatic nitrogens is 1. The van der Waals surface area contributed by atoms with Crippen molar-refractivity contribution < 1.29 is 9.18 Å². The second-order valence-electron chi connectivity index (χ2n) is 4.69. The fourth-order valence-electron chi connectivity index (χ4n) is 2.26. The Labute approximate surface area is 130 Å². The molecule has 0 bridgehead atoms. The molecule has 0 radical (unpaired) electrons. The van der Waals surface area contributed by atoms with Gasteiger partial charge in [0.05, 0.1) is 11.6 Å². The molecule has 21 heavy (non-hydrogen) atoms. The minimum atomic E-state index is -0.299. The van der Waals surface area contributed by atoms with Crippen LogP contribution in [0.5, 0.6) is 0 Å². The first kappa shape index (κ1) is 14.1. The van der Waals surface area contributed by atoms with Gasteiger partial charge in [0.15, 0.2) is 5.78 Å². The topological polar surface area (TPSA) is 22.0 Å². The number of hydrogen-bond acceptors (Lipinski definition) is 1. The maximum absolute atomic E-state index is 13.2. The molecule has 0 aliphatic carbocycles. The molecule has 0 saturated carbocycles. The molecule has 0 fully saturated rings. The number of Topliss-reactive ketones (excluding diaryl/α,β-unsaturated/α-hetero) is 1. The van der Waals surface area contributed by atoms with Crippen LogP contribution < -0.4 is 0 Å². The Bertz CT molecular complexity index is 841. The van der Waals surface area contributed by atoms with Gasteiger partial charge in [0, 0.05) is 27.7 Å². The van der Waals surface area contributed by atoms with Crippen molar-refractivity contribution in [3.05, 3.63) is 70.1 Å². The summed E-state index contributed by atoms with van der Waals surface area (Å²) in [7, 11) is 0. The summed E-state index contributed by atoms with van der Waals surface area (Å²) in [6, 6.07) is 11.0. The molecule has 0 unspecified atom stereocenters. The summed E-state index contributed by atoms with van der Waals surface area (Å²) in [5.41, 5.74) is 1.22. The van der Waals surface area contributed by atoms with E-state index in [1.165, 1.54) is 12.1 Å². The highest BCUT2D eigenvalue weighted by atomic mass is 35.5. The molecule has 0 aliphatic heterocycles. The fraction of sp³-hybridized carbons (Fsp3) is 0.0625. The summed E-state index contributed by atoms with van der Waals surface area (Å²) >= 11 is 11.9. The van der Waals surface area contributed by atoms with E-state index in [-0.39, 0.29) is 18.1 Å². The third-order valence-electron chi connectivity index (χ3n) is 3.28. The van der Waals surface area contributed by atoms with E-state index in [2.05, 4.69) is 0 Å². The third-order valence-corrected chi connectivity index (χ3v) is 3.83. The number of ketones is 1. The average Bonchev–Trinajstić information content (AvgIpc) is 2.80. The van der Waals surface area contributed by atoms with Gasteiger partial charge >= 0.3 is 0 Å². The molecule has 0 spiro atoms. The van der Waals surface area contributed by atoms with Crippen LogP contribution >= 0.6 is 23.2 Å². The van der Waals surface area contributed by atoms with E-state index in [0.717, 1.165) is 10.9 Å². The normalized spacial score (nSPS) is 11.0. The molecule has 0 N–H and O–H groups in total. The molecule has 1 heterocycles. The van der Waals surface area contributed by atoms with Crippen LogP contribution in [0.1, 0.15) is 10.4 Å². The van der Waals surface area contributed by atoms with Gasteiger partial charge in [-0.2, -0.15) is 0 Å². The van der Waals surface area contributed by atoms with Crippen LogP contribution in [-0.4, -0.2) is 10.4 Å². The van der Waals surface area contributed by atoms with Gasteiger partial charge in [-0.1, -0.05) is 23.2 Å². The molecule has 0 aliphatic rings. The Hall–Kier alpha value is -1.84. The van der Waals surface area contributed by atoms with Crippen molar-refractivity contribution in [3.63, 3.8) is 0 Å². The van der Waals surface area contributed by atoms with E-state index in [4.69, 9.17) is 23.2 Å². The smallest absolute Gasteiger partial charge is 0.183 e. The second kappa shape index (κ2) is 5.51. The molecular weight excluding hydrogens is 312 g/mol. The first-order chi connectivity index (χ1) is 10.0. The van der Waals surface area contributed by atoms with Gasteiger partial charge < -0.3 is 4.57 Å². The number of carbonyl (C=O) groups is 1. The number of halogens is 3. The fourth-order valence-corrected chi connectivity index (χ4v) is 2.78. The Balaban J connectivity index is 1.93. The molecule has 0 amide bonds. The van der Waals surface area contributed by atoms with Crippen LogP contribution in [0.15, 0.2) is 48.7 Å². The SMILES string of the molecule is O=C(Cn1ccc2cc(F)ccc21)c1ccc(Cl)cc1Cl. The number of carbonyl (C=O) groups excluding carboxylic acids is 1. The third kappa shape index (κ3) is 2.80. The van der Waals surface area contributed by atoms with Crippen molar-refractivity contribution in [2.75, 3.05) is 0 Å². The zero-order chi connectivity index (χ0) is 15.0. The Kier molecular flexibility index (Phi) is 3.70. The van der Waals surface area contributed by atoms with Gasteiger partial charge in [-0.3, -0.25) is 4.79 Å². The monoisotopic (exact) mass is 321 g/mol. The number of nitrogens with zero attached hydrogens (tertiary/aromatic N) is 1. The predicted molar refractivity (Wildman–Crippen MR) is 82.7 cm³/mol. The first-order valence-corrected chi connectivity index (χ1v) is 7.03. The molecule has 5 heteroatoms. The van der Waals surface area contributed by atoms with E-state index >= 15 is 0 Å².